The van der Waals surface area contributed by atoms with E-state index >= 15 is 0 Å². The van der Waals surface area contributed by atoms with Gasteiger partial charge in [-0.3, -0.25) is 37.3 Å². The van der Waals surface area contributed by atoms with Crippen molar-refractivity contribution in [1.82, 2.24) is 0 Å². The Labute approximate surface area is 583 Å². The topological polar surface area (TPSA) is 237 Å². The number of rotatable bonds is 72. The van der Waals surface area contributed by atoms with Gasteiger partial charge < -0.3 is 33.8 Å². The summed E-state index contributed by atoms with van der Waals surface area (Å²) in [7, 11) is -9.94. The van der Waals surface area contributed by atoms with E-state index in [1.807, 2.05) is 0 Å². The molecule has 0 amide bonds. The minimum atomic E-state index is -4.97. The zero-order valence-corrected chi connectivity index (χ0v) is 62.6. The monoisotopic (exact) mass is 1400 g/mol. The fourth-order valence-electron chi connectivity index (χ4n) is 10.3. The smallest absolute Gasteiger partial charge is 0.462 e. The van der Waals surface area contributed by atoms with E-state index in [4.69, 9.17) is 37.0 Å². The largest absolute Gasteiger partial charge is 0.472 e. The van der Waals surface area contributed by atoms with Crippen molar-refractivity contribution in [3.63, 3.8) is 0 Å². The molecule has 0 heterocycles. The van der Waals surface area contributed by atoms with Gasteiger partial charge in [0.15, 0.2) is 12.2 Å². The number of allylic oxidation sites excluding steroid dienone is 12. The lowest BCUT2D eigenvalue weighted by atomic mass is 10.1. The molecule has 0 aliphatic carbocycles. The van der Waals surface area contributed by atoms with Gasteiger partial charge in [-0.15, -0.1) is 0 Å². The van der Waals surface area contributed by atoms with Crippen molar-refractivity contribution in [2.75, 3.05) is 39.6 Å². The van der Waals surface area contributed by atoms with Crippen molar-refractivity contribution >= 4 is 39.5 Å². The number of aliphatic hydroxyl groups excluding tert-OH is 1. The van der Waals surface area contributed by atoms with E-state index in [0.717, 1.165) is 173 Å². The van der Waals surface area contributed by atoms with Gasteiger partial charge in [0.05, 0.1) is 26.4 Å². The van der Waals surface area contributed by atoms with E-state index in [0.29, 0.717) is 25.7 Å². The van der Waals surface area contributed by atoms with E-state index in [1.54, 1.807) is 0 Å². The zero-order chi connectivity index (χ0) is 70.4. The van der Waals surface area contributed by atoms with Crippen LogP contribution in [0.1, 0.15) is 336 Å². The number of ether oxygens (including phenoxy) is 4. The molecule has 0 fully saturated rings. The third-order valence-corrected chi connectivity index (χ3v) is 18.0. The first-order valence-corrected chi connectivity index (χ1v) is 41.2. The van der Waals surface area contributed by atoms with Gasteiger partial charge in [-0.25, -0.2) is 9.13 Å². The van der Waals surface area contributed by atoms with E-state index < -0.39 is 97.5 Å². The minimum absolute atomic E-state index is 0.0777. The molecule has 0 saturated heterocycles. The summed E-state index contributed by atoms with van der Waals surface area (Å²) < 4.78 is 68.4. The maximum Gasteiger partial charge on any atom is 0.472 e. The van der Waals surface area contributed by atoms with Crippen LogP contribution in [0.2, 0.25) is 0 Å². The number of hydrogen-bond donors (Lipinski definition) is 3. The van der Waals surface area contributed by atoms with Gasteiger partial charge in [0, 0.05) is 25.7 Å². The van der Waals surface area contributed by atoms with Crippen molar-refractivity contribution in [2.24, 2.45) is 0 Å². The van der Waals surface area contributed by atoms with Crippen LogP contribution in [0.15, 0.2) is 72.9 Å². The average molecular weight is 1400 g/mol. The third-order valence-electron chi connectivity index (χ3n) is 16.1. The Morgan fingerprint density at radius 2 is 0.531 bits per heavy atom. The first-order chi connectivity index (χ1) is 46.7. The fourth-order valence-corrected chi connectivity index (χ4v) is 11.8. The molecule has 0 spiro atoms. The van der Waals surface area contributed by atoms with Crippen LogP contribution in [-0.4, -0.2) is 96.7 Å². The molecule has 0 aliphatic heterocycles. The van der Waals surface area contributed by atoms with E-state index in [-0.39, 0.29) is 25.7 Å². The van der Waals surface area contributed by atoms with Crippen LogP contribution in [0.3, 0.4) is 0 Å². The predicted molar refractivity (Wildman–Crippen MR) is 390 cm³/mol. The Balaban J connectivity index is 5.30. The van der Waals surface area contributed by atoms with Crippen molar-refractivity contribution in [3.05, 3.63) is 72.9 Å². The number of phosphoric ester groups is 2. The molecule has 17 nitrogen and oxygen atoms in total. The Kier molecular flexibility index (Phi) is 67.4. The van der Waals surface area contributed by atoms with E-state index in [1.165, 1.54) is 83.5 Å². The first kappa shape index (κ1) is 92.5. The standard InChI is InChI=1S/C77H138O17P2/c1-5-9-13-17-21-25-29-32-33-34-35-36-37-40-43-46-50-54-58-62-75(80)88-68-73(94-77(82)64-60-56-52-48-44-39-31-27-23-19-15-11-7-3)70-92-96(85,86)90-66-71(78)65-89-95(83,84)91-69-72(93-76(81)63-59-55-51-47-41-28-24-20-16-12-8-4)67-87-74(79)61-57-53-49-45-42-38-30-26-22-18-14-10-6-2/h15,19,21,25-27,30-33,35-36,71-73,78H,5-14,16-18,20,22-24,28-29,34,37-70H2,1-4H3,(H,83,84)(H,85,86)/b19-15-,25-21-,30-26-,31-27-,33-32-,36-35-. The molecule has 0 radical (unpaired) electrons. The van der Waals surface area contributed by atoms with Crippen LogP contribution in [-0.2, 0) is 65.4 Å². The molecule has 5 atom stereocenters. The molecule has 0 rings (SSSR count). The molecule has 0 aromatic carbocycles. The second kappa shape index (κ2) is 70.0. The minimum Gasteiger partial charge on any atom is -0.462 e. The molecule has 0 aliphatic rings. The summed E-state index contributed by atoms with van der Waals surface area (Å²) in [5.41, 5.74) is 0. The SMILES string of the molecule is CCC/C=C\C/C=C\CCCCCCCC(=O)OC(COC(=O)CCCCCCCC/C=C\C/C=C\C/C=C\CCCCC)COP(=O)(O)OCC(O)COP(=O)(O)OCC(COC(=O)CCCCCCC/C=C\CCCCCC)OC(=O)CCCCCCCCCCCCC. The van der Waals surface area contributed by atoms with Gasteiger partial charge in [0.25, 0.3) is 0 Å². The second-order valence-corrected chi connectivity index (χ2v) is 28.5. The number of unbranched alkanes of at least 4 members (excludes halogenated alkanes) is 34. The molecule has 5 unspecified atom stereocenters. The molecular weight excluding hydrogens is 1260 g/mol. The molecule has 3 N–H and O–H groups in total. The predicted octanol–water partition coefficient (Wildman–Crippen LogP) is 21.7. The van der Waals surface area contributed by atoms with Crippen molar-refractivity contribution in [3.8, 4) is 0 Å². The molecule has 96 heavy (non-hydrogen) atoms. The van der Waals surface area contributed by atoms with Gasteiger partial charge >= 0.3 is 39.5 Å². The zero-order valence-electron chi connectivity index (χ0n) is 60.8. The summed E-state index contributed by atoms with van der Waals surface area (Å²) in [5, 5.41) is 10.6. The van der Waals surface area contributed by atoms with Crippen molar-refractivity contribution in [1.29, 1.82) is 0 Å². The Hall–Kier alpha value is -3.50. The van der Waals surface area contributed by atoms with Crippen LogP contribution in [0.5, 0.6) is 0 Å². The average Bonchev–Trinajstić information content (AvgIpc) is 3.21. The maximum absolute atomic E-state index is 13.1. The number of hydrogen-bond acceptors (Lipinski definition) is 15. The van der Waals surface area contributed by atoms with Gasteiger partial charge in [0.1, 0.15) is 19.3 Å². The summed E-state index contributed by atoms with van der Waals surface area (Å²) in [6.07, 6.45) is 68.9. The summed E-state index contributed by atoms with van der Waals surface area (Å²) in [4.78, 5) is 72.7. The molecule has 558 valence electrons. The molecule has 0 bridgehead atoms. The number of aliphatic hydroxyl groups is 1. The lowest BCUT2D eigenvalue weighted by Gasteiger charge is -2.21. The van der Waals surface area contributed by atoms with Crippen molar-refractivity contribution < 1.29 is 80.2 Å². The van der Waals surface area contributed by atoms with Gasteiger partial charge in [-0.05, 0) is 116 Å². The molecular formula is C77H138O17P2. The fraction of sp³-hybridized carbons (Fsp3) is 0.792. The Morgan fingerprint density at radius 1 is 0.292 bits per heavy atom. The summed E-state index contributed by atoms with van der Waals surface area (Å²) in [6.45, 7) is 4.75. The summed E-state index contributed by atoms with van der Waals surface area (Å²) in [6, 6.07) is 0. The van der Waals surface area contributed by atoms with Gasteiger partial charge in [-0.2, -0.15) is 0 Å². The second-order valence-electron chi connectivity index (χ2n) is 25.6. The Bertz CT molecular complexity index is 2110. The summed E-state index contributed by atoms with van der Waals surface area (Å²) >= 11 is 0. The Morgan fingerprint density at radius 3 is 0.865 bits per heavy atom. The van der Waals surface area contributed by atoms with E-state index in [9.17, 15) is 43.2 Å². The molecule has 0 saturated carbocycles. The maximum atomic E-state index is 13.1. The molecule has 0 aromatic heterocycles. The number of carbonyl (C=O) groups is 4. The van der Waals surface area contributed by atoms with Gasteiger partial charge in [-0.1, -0.05) is 268 Å². The summed E-state index contributed by atoms with van der Waals surface area (Å²) in [5.74, 6) is -2.19. The lowest BCUT2D eigenvalue weighted by molar-refractivity contribution is -0.161. The highest BCUT2D eigenvalue weighted by Gasteiger charge is 2.30. The normalized spacial score (nSPS) is 14.4. The highest BCUT2D eigenvalue weighted by molar-refractivity contribution is 7.47. The lowest BCUT2D eigenvalue weighted by Crippen LogP contribution is -2.30. The van der Waals surface area contributed by atoms with Crippen molar-refractivity contribution in [2.45, 2.75) is 354 Å². The van der Waals surface area contributed by atoms with Crippen LogP contribution < -0.4 is 0 Å². The van der Waals surface area contributed by atoms with Gasteiger partial charge in [0.2, 0.25) is 0 Å². The first-order valence-electron chi connectivity index (χ1n) is 38.2. The van der Waals surface area contributed by atoms with Crippen LogP contribution in [0.25, 0.3) is 0 Å². The number of phosphoric acid groups is 2. The number of esters is 4. The van der Waals surface area contributed by atoms with Crippen LogP contribution >= 0.6 is 15.6 Å². The number of carbonyl (C=O) groups excluding carboxylic acids is 4. The highest BCUT2D eigenvalue weighted by Crippen LogP contribution is 2.45. The van der Waals surface area contributed by atoms with Crippen LogP contribution in [0.4, 0.5) is 0 Å². The quantitative estimate of drug-likeness (QED) is 0.0169. The third kappa shape index (κ3) is 69.0. The van der Waals surface area contributed by atoms with E-state index in [2.05, 4.69) is 101 Å². The van der Waals surface area contributed by atoms with Crippen LogP contribution in [0, 0.1) is 0 Å². The molecule has 19 heteroatoms. The highest BCUT2D eigenvalue weighted by atomic mass is 31.2. The molecule has 0 aromatic rings.